The third-order valence-corrected chi connectivity index (χ3v) is 11.4. The lowest BCUT2D eigenvalue weighted by atomic mass is 9.94. The molecule has 0 spiro atoms. The predicted octanol–water partition coefficient (Wildman–Crippen LogP) is 4.57. The molecule has 3 aromatic heterocycles. The molecule has 0 unspecified atom stereocenters. The van der Waals surface area contributed by atoms with Crippen LogP contribution in [0.25, 0.3) is 5.82 Å². The Morgan fingerprint density at radius 1 is 1.18 bits per heavy atom. The van der Waals surface area contributed by atoms with Crippen molar-refractivity contribution in [2.75, 3.05) is 18.1 Å². The number of nitrogens with zero attached hydrogens (tertiary/aromatic N) is 6. The van der Waals surface area contributed by atoms with Gasteiger partial charge in [-0.3, -0.25) is 9.48 Å². The molecule has 248 valence electrons. The van der Waals surface area contributed by atoms with E-state index in [1.165, 1.54) is 21.6 Å². The number of halogens is 3. The van der Waals surface area contributed by atoms with E-state index < -0.39 is 47.7 Å². The average molecular weight is 670 g/mol. The van der Waals surface area contributed by atoms with Crippen LogP contribution in [0.5, 0.6) is 5.88 Å². The second-order valence-corrected chi connectivity index (χ2v) is 20.9. The summed E-state index contributed by atoms with van der Waals surface area (Å²) in [6.07, 6.45) is -0.767. The highest BCUT2D eigenvalue weighted by molar-refractivity contribution is 7.90. The number of nitrogens with one attached hydrogen (secondary N) is 1. The van der Waals surface area contributed by atoms with Gasteiger partial charge in [-0.25, -0.2) is 22.8 Å². The summed E-state index contributed by atoms with van der Waals surface area (Å²) in [4.78, 5) is 20.8. The monoisotopic (exact) mass is 669 g/mol. The number of carbonyl (C=O) groups excluding carboxylic acids is 1. The van der Waals surface area contributed by atoms with Gasteiger partial charge in [-0.1, -0.05) is 26.6 Å². The lowest BCUT2D eigenvalue weighted by molar-refractivity contribution is -0.219. The van der Waals surface area contributed by atoms with Crippen LogP contribution in [0.2, 0.25) is 19.6 Å². The summed E-state index contributed by atoms with van der Waals surface area (Å²) < 4.78 is 77.3. The van der Waals surface area contributed by atoms with Crippen LogP contribution in [0, 0.1) is 18.3 Å². The van der Waals surface area contributed by atoms with E-state index in [-0.39, 0.29) is 33.8 Å². The number of aromatic nitrogens is 5. The van der Waals surface area contributed by atoms with E-state index >= 15 is 0 Å². The van der Waals surface area contributed by atoms with E-state index in [2.05, 4.69) is 21.8 Å². The van der Waals surface area contributed by atoms with Gasteiger partial charge in [0.2, 0.25) is 5.88 Å². The van der Waals surface area contributed by atoms with Gasteiger partial charge in [0.1, 0.15) is 17.3 Å². The van der Waals surface area contributed by atoms with Crippen LogP contribution in [0.15, 0.2) is 29.4 Å². The standard InChI is InChI=1S/C29H42F3N7O4SSi/c1-18-14-28(5,6)38(15-18)24-20(26(40)36-44(41,42)21-16-37(7)34-19(21)2)13-22(45(8,9)10)25(33-24)39-12-11-23(35-39)43-17-27(3,4)29(30,31)32/h11-13,16,18H,14-15,17H2,1-10H3,(H,36,40)/t18-/m0/s1. The van der Waals surface area contributed by atoms with Crippen molar-refractivity contribution in [3.05, 3.63) is 35.8 Å². The van der Waals surface area contributed by atoms with Crippen LogP contribution in [-0.4, -0.2) is 71.8 Å². The Morgan fingerprint density at radius 2 is 1.82 bits per heavy atom. The number of hydrogen-bond acceptors (Lipinski definition) is 8. The Labute approximate surface area is 263 Å². The fourth-order valence-electron chi connectivity index (χ4n) is 5.47. The summed E-state index contributed by atoms with van der Waals surface area (Å²) in [7, 11) is -4.99. The molecule has 1 fully saturated rings. The highest BCUT2D eigenvalue weighted by Crippen LogP contribution is 2.39. The molecule has 0 bridgehead atoms. The van der Waals surface area contributed by atoms with Crippen LogP contribution in [-0.2, 0) is 17.1 Å². The number of aryl methyl sites for hydroxylation is 2. The fourth-order valence-corrected chi connectivity index (χ4v) is 8.07. The Hall–Kier alpha value is -3.40. The van der Waals surface area contributed by atoms with Crippen molar-refractivity contribution >= 4 is 35.0 Å². The molecule has 0 radical (unpaired) electrons. The van der Waals surface area contributed by atoms with E-state index in [1.807, 2.05) is 38.4 Å². The third kappa shape index (κ3) is 7.05. The Kier molecular flexibility index (Phi) is 8.76. The smallest absolute Gasteiger partial charge is 0.397 e. The van der Waals surface area contributed by atoms with Gasteiger partial charge in [0.05, 0.1) is 24.7 Å². The second kappa shape index (κ2) is 11.4. The van der Waals surface area contributed by atoms with Crippen molar-refractivity contribution in [2.45, 2.75) is 84.2 Å². The van der Waals surface area contributed by atoms with Crippen molar-refractivity contribution in [3.63, 3.8) is 0 Å². The quantitative estimate of drug-likeness (QED) is 0.329. The van der Waals surface area contributed by atoms with Gasteiger partial charge >= 0.3 is 6.18 Å². The van der Waals surface area contributed by atoms with Crippen LogP contribution >= 0.6 is 0 Å². The fraction of sp³-hybridized carbons (Fsp3) is 0.586. The number of pyridine rings is 1. The molecule has 3 aromatic rings. The number of hydrogen-bond donors (Lipinski definition) is 1. The Balaban J connectivity index is 1.84. The molecule has 0 saturated carbocycles. The Bertz CT molecular complexity index is 1710. The number of ether oxygens (including phenoxy) is 1. The van der Waals surface area contributed by atoms with Gasteiger partial charge in [0.25, 0.3) is 15.9 Å². The maximum absolute atomic E-state index is 13.9. The summed E-state index contributed by atoms with van der Waals surface area (Å²) in [5.74, 6) is 0.106. The maximum atomic E-state index is 13.9. The highest BCUT2D eigenvalue weighted by Gasteiger charge is 2.48. The minimum atomic E-state index is -4.46. The topological polar surface area (TPSA) is 124 Å². The molecule has 0 aliphatic carbocycles. The summed E-state index contributed by atoms with van der Waals surface area (Å²) in [5.41, 5.74) is -2.16. The van der Waals surface area contributed by atoms with Gasteiger partial charge in [0, 0.05) is 37.6 Å². The van der Waals surface area contributed by atoms with Gasteiger partial charge in [-0.05, 0) is 58.2 Å². The second-order valence-electron chi connectivity index (χ2n) is 14.2. The molecular formula is C29H42F3N7O4SSi. The van der Waals surface area contributed by atoms with E-state index in [0.29, 0.717) is 17.5 Å². The van der Waals surface area contributed by atoms with Crippen LogP contribution in [0.1, 0.15) is 57.1 Å². The van der Waals surface area contributed by atoms with Crippen molar-refractivity contribution in [1.29, 1.82) is 0 Å². The number of alkyl halides is 3. The van der Waals surface area contributed by atoms with E-state index in [0.717, 1.165) is 20.3 Å². The first-order valence-corrected chi connectivity index (χ1v) is 19.6. The predicted molar refractivity (Wildman–Crippen MR) is 167 cm³/mol. The summed E-state index contributed by atoms with van der Waals surface area (Å²) in [5, 5.41) is 9.20. The molecule has 1 saturated heterocycles. The molecule has 1 aliphatic rings. The molecule has 45 heavy (non-hydrogen) atoms. The molecule has 1 aliphatic heterocycles. The van der Waals surface area contributed by atoms with Gasteiger partial charge < -0.3 is 9.64 Å². The van der Waals surface area contributed by atoms with Crippen molar-refractivity contribution in [1.82, 2.24) is 29.3 Å². The van der Waals surface area contributed by atoms with Crippen molar-refractivity contribution in [2.24, 2.45) is 18.4 Å². The molecule has 1 atom stereocenters. The zero-order valence-electron chi connectivity index (χ0n) is 27.4. The Morgan fingerprint density at radius 3 is 2.33 bits per heavy atom. The summed E-state index contributed by atoms with van der Waals surface area (Å²) in [6.45, 7) is 15.9. The van der Waals surface area contributed by atoms with E-state index in [1.54, 1.807) is 26.2 Å². The largest absolute Gasteiger partial charge is 0.476 e. The maximum Gasteiger partial charge on any atom is 0.397 e. The SMILES string of the molecule is Cc1nn(C)cc1S(=O)(=O)NC(=O)c1cc([Si](C)(C)C)c(-n2ccc(OCC(C)(C)C(F)(F)F)n2)nc1N1C[C@@H](C)CC1(C)C. The first-order valence-electron chi connectivity index (χ1n) is 14.6. The summed E-state index contributed by atoms with van der Waals surface area (Å²) >= 11 is 0. The van der Waals surface area contributed by atoms with Crippen LogP contribution in [0.3, 0.4) is 0 Å². The normalized spacial score (nSPS) is 17.5. The molecule has 0 aromatic carbocycles. The minimum Gasteiger partial charge on any atom is -0.476 e. The summed E-state index contributed by atoms with van der Waals surface area (Å²) in [6, 6.07) is 3.14. The van der Waals surface area contributed by atoms with Crippen LogP contribution < -0.4 is 19.5 Å². The molecule has 16 heteroatoms. The molecular weight excluding hydrogens is 628 g/mol. The molecule has 11 nitrogen and oxygen atoms in total. The zero-order valence-corrected chi connectivity index (χ0v) is 29.2. The number of sulfonamides is 1. The first kappa shape index (κ1) is 34.5. The molecule has 1 amide bonds. The zero-order chi connectivity index (χ0) is 33.9. The molecule has 4 heterocycles. The number of carbonyl (C=O) groups is 1. The first-order chi connectivity index (χ1) is 20.4. The van der Waals surface area contributed by atoms with Gasteiger partial charge in [-0.2, -0.15) is 18.3 Å². The lowest BCUT2D eigenvalue weighted by Crippen LogP contribution is -2.45. The number of anilines is 1. The average Bonchev–Trinajstić information content (AvgIpc) is 3.56. The molecule has 4 rings (SSSR count). The van der Waals surface area contributed by atoms with E-state index in [9.17, 15) is 26.4 Å². The van der Waals surface area contributed by atoms with Gasteiger partial charge in [0.15, 0.2) is 5.82 Å². The van der Waals surface area contributed by atoms with Crippen LogP contribution in [0.4, 0.5) is 19.0 Å². The minimum absolute atomic E-state index is 0.00733. The van der Waals surface area contributed by atoms with E-state index in [4.69, 9.17) is 9.72 Å². The van der Waals surface area contributed by atoms with Crippen molar-refractivity contribution in [3.8, 4) is 11.7 Å². The number of amides is 1. The highest BCUT2D eigenvalue weighted by atomic mass is 32.2. The number of rotatable bonds is 9. The third-order valence-electron chi connectivity index (χ3n) is 7.98. The molecule has 1 N–H and O–H groups in total. The van der Waals surface area contributed by atoms with Crippen molar-refractivity contribution < 1.29 is 31.1 Å². The van der Waals surface area contributed by atoms with Gasteiger partial charge in [-0.15, -0.1) is 5.10 Å². The lowest BCUT2D eigenvalue weighted by Gasteiger charge is -2.35.